The van der Waals surface area contributed by atoms with Gasteiger partial charge in [0.1, 0.15) is 6.04 Å². The maximum Gasteiger partial charge on any atom is 0.326 e. The minimum atomic E-state index is -0.963. The fraction of sp³-hybridized carbons (Fsp3) is 0.857. The smallest absolute Gasteiger partial charge is 0.326 e. The highest BCUT2D eigenvalue weighted by molar-refractivity contribution is 7.98. The number of rotatable bonds is 9. The number of carboxylic acid groups (broad SMARTS) is 1. The number of nitrogens with one attached hydrogen (secondary N) is 2. The fourth-order valence-electron chi connectivity index (χ4n) is 2.68. The monoisotopic (exact) mass is 300 g/mol. The predicted octanol–water partition coefficient (Wildman–Crippen LogP) is 1.93. The molecule has 0 spiro atoms. The summed E-state index contributed by atoms with van der Waals surface area (Å²) in [4.78, 5) is 22.9. The minimum absolute atomic E-state index is 0.343. The number of amides is 2. The maximum atomic E-state index is 11.8. The molecule has 0 aromatic rings. The van der Waals surface area contributed by atoms with Crippen LogP contribution in [0.5, 0.6) is 0 Å². The second-order valence-corrected chi connectivity index (χ2v) is 6.85. The number of thioether (sulfide) groups is 1. The van der Waals surface area contributed by atoms with Crippen LogP contribution in [0.1, 0.15) is 32.1 Å². The summed E-state index contributed by atoms with van der Waals surface area (Å²) < 4.78 is 0. The fourth-order valence-corrected chi connectivity index (χ4v) is 3.15. The molecule has 6 heteroatoms. The van der Waals surface area contributed by atoms with Crippen LogP contribution < -0.4 is 10.6 Å². The van der Waals surface area contributed by atoms with Gasteiger partial charge in [-0.2, -0.15) is 11.8 Å². The van der Waals surface area contributed by atoms with E-state index >= 15 is 0 Å². The molecule has 114 valence electrons. The van der Waals surface area contributed by atoms with Gasteiger partial charge in [0.15, 0.2) is 0 Å². The largest absolute Gasteiger partial charge is 0.480 e. The zero-order valence-corrected chi connectivity index (χ0v) is 12.7. The van der Waals surface area contributed by atoms with Gasteiger partial charge in [-0.25, -0.2) is 9.59 Å². The first-order chi connectivity index (χ1) is 9.61. The third-order valence-corrected chi connectivity index (χ3v) is 4.81. The van der Waals surface area contributed by atoms with Crippen LogP contribution in [-0.4, -0.2) is 41.7 Å². The molecule has 0 aromatic carbocycles. The van der Waals surface area contributed by atoms with Crippen molar-refractivity contribution in [1.82, 2.24) is 10.6 Å². The summed E-state index contributed by atoms with van der Waals surface area (Å²) in [5.74, 6) is 1.94. The first kappa shape index (κ1) is 15.5. The summed E-state index contributed by atoms with van der Waals surface area (Å²) in [7, 11) is 0. The molecular weight excluding hydrogens is 276 g/mol. The molecule has 5 nitrogen and oxygen atoms in total. The Hall–Kier alpha value is -0.910. The lowest BCUT2D eigenvalue weighted by Crippen LogP contribution is -2.47. The molecule has 20 heavy (non-hydrogen) atoms. The zero-order valence-electron chi connectivity index (χ0n) is 11.9. The lowest BCUT2D eigenvalue weighted by atomic mass is 9.98. The van der Waals surface area contributed by atoms with Gasteiger partial charge in [0.2, 0.25) is 0 Å². The highest BCUT2D eigenvalue weighted by Gasteiger charge is 2.41. The molecule has 0 heterocycles. The Labute approximate surface area is 124 Å². The highest BCUT2D eigenvalue weighted by atomic mass is 32.2. The third kappa shape index (κ3) is 4.89. The first-order valence-corrected chi connectivity index (χ1v) is 8.77. The molecule has 0 saturated heterocycles. The third-order valence-electron chi connectivity index (χ3n) is 4.17. The average molecular weight is 300 g/mol. The van der Waals surface area contributed by atoms with Crippen molar-refractivity contribution in [1.29, 1.82) is 0 Å². The molecular formula is C14H24N2O3S. The number of carboxylic acids is 1. The molecule has 0 bridgehead atoms. The van der Waals surface area contributed by atoms with E-state index in [0.717, 1.165) is 17.6 Å². The molecule has 0 radical (unpaired) electrons. The van der Waals surface area contributed by atoms with Crippen LogP contribution in [0.4, 0.5) is 4.79 Å². The predicted molar refractivity (Wildman–Crippen MR) is 79.9 cm³/mol. The van der Waals surface area contributed by atoms with Crippen LogP contribution in [0.15, 0.2) is 0 Å². The number of hydrogen-bond donors (Lipinski definition) is 3. The van der Waals surface area contributed by atoms with Crippen molar-refractivity contribution in [3.05, 3.63) is 0 Å². The molecule has 2 rings (SSSR count). The molecule has 3 N–H and O–H groups in total. The Morgan fingerprint density at radius 2 is 1.85 bits per heavy atom. The summed E-state index contributed by atoms with van der Waals surface area (Å²) in [5, 5.41) is 14.5. The van der Waals surface area contributed by atoms with Crippen molar-refractivity contribution >= 4 is 23.8 Å². The van der Waals surface area contributed by atoms with Crippen LogP contribution in [0.3, 0.4) is 0 Å². The van der Waals surface area contributed by atoms with Crippen molar-refractivity contribution in [3.8, 4) is 0 Å². The van der Waals surface area contributed by atoms with E-state index in [9.17, 15) is 9.59 Å². The normalized spacial score (nSPS) is 19.7. The van der Waals surface area contributed by atoms with Gasteiger partial charge >= 0.3 is 12.0 Å². The van der Waals surface area contributed by atoms with E-state index in [0.29, 0.717) is 18.9 Å². The molecule has 0 unspecified atom stereocenters. The summed E-state index contributed by atoms with van der Waals surface area (Å²) >= 11 is 1.58. The minimum Gasteiger partial charge on any atom is -0.480 e. The summed E-state index contributed by atoms with van der Waals surface area (Å²) in [5.41, 5.74) is 0. The van der Waals surface area contributed by atoms with E-state index in [1.165, 1.54) is 25.7 Å². The number of carbonyl (C=O) groups is 2. The van der Waals surface area contributed by atoms with Crippen molar-refractivity contribution in [2.45, 2.75) is 38.1 Å². The average Bonchev–Trinajstić information content (AvgIpc) is 3.26. The van der Waals surface area contributed by atoms with Crippen LogP contribution in [-0.2, 0) is 4.79 Å². The molecule has 0 aliphatic heterocycles. The van der Waals surface area contributed by atoms with Gasteiger partial charge in [0, 0.05) is 6.54 Å². The van der Waals surface area contributed by atoms with E-state index in [4.69, 9.17) is 5.11 Å². The van der Waals surface area contributed by atoms with Gasteiger partial charge in [-0.15, -0.1) is 0 Å². The van der Waals surface area contributed by atoms with Crippen molar-refractivity contribution in [3.63, 3.8) is 0 Å². The van der Waals surface area contributed by atoms with Crippen LogP contribution >= 0.6 is 11.8 Å². The van der Waals surface area contributed by atoms with Crippen molar-refractivity contribution < 1.29 is 14.7 Å². The van der Waals surface area contributed by atoms with Gasteiger partial charge in [-0.3, -0.25) is 0 Å². The Morgan fingerprint density at radius 3 is 2.30 bits per heavy atom. The Balaban J connectivity index is 1.71. The van der Waals surface area contributed by atoms with E-state index in [2.05, 4.69) is 10.6 Å². The van der Waals surface area contributed by atoms with Gasteiger partial charge < -0.3 is 15.7 Å². The van der Waals surface area contributed by atoms with E-state index in [1.54, 1.807) is 11.8 Å². The van der Waals surface area contributed by atoms with Gasteiger partial charge in [0.25, 0.3) is 0 Å². The Kier molecular flexibility index (Phi) is 5.57. The first-order valence-electron chi connectivity index (χ1n) is 7.38. The second kappa shape index (κ2) is 7.20. The van der Waals surface area contributed by atoms with E-state index in [-0.39, 0.29) is 6.03 Å². The van der Waals surface area contributed by atoms with Gasteiger partial charge in [-0.05, 0) is 61.9 Å². The molecule has 2 aliphatic carbocycles. The van der Waals surface area contributed by atoms with E-state index in [1.807, 2.05) is 6.26 Å². The van der Waals surface area contributed by atoms with E-state index < -0.39 is 12.0 Å². The number of hydrogen-bond acceptors (Lipinski definition) is 3. The maximum absolute atomic E-state index is 11.8. The van der Waals surface area contributed by atoms with Crippen LogP contribution in [0.2, 0.25) is 0 Å². The summed E-state index contributed by atoms with van der Waals surface area (Å²) in [6.45, 7) is 0.691. The highest BCUT2D eigenvalue weighted by Crippen LogP contribution is 2.48. The molecule has 0 aromatic heterocycles. The standard InChI is InChI=1S/C14H24N2O3S/c1-20-7-6-12(13(17)18)16-14(19)15-8-11(9-2-3-9)10-4-5-10/h9-12H,2-8H2,1H3,(H,17,18)(H2,15,16,19)/t12-/m1/s1. The second-order valence-electron chi connectivity index (χ2n) is 5.87. The molecule has 2 aliphatic rings. The topological polar surface area (TPSA) is 78.4 Å². The van der Waals surface area contributed by atoms with Crippen LogP contribution in [0.25, 0.3) is 0 Å². The quantitative estimate of drug-likeness (QED) is 0.608. The van der Waals surface area contributed by atoms with Crippen molar-refractivity contribution in [2.24, 2.45) is 17.8 Å². The molecule has 2 amide bonds. The lowest BCUT2D eigenvalue weighted by Gasteiger charge is -2.18. The number of urea groups is 1. The van der Waals surface area contributed by atoms with Crippen LogP contribution in [0, 0.1) is 17.8 Å². The SMILES string of the molecule is CSCC[C@@H](NC(=O)NCC(C1CC1)C1CC1)C(=O)O. The molecule has 2 saturated carbocycles. The summed E-state index contributed by atoms with van der Waals surface area (Å²) in [6.07, 6.45) is 7.53. The Morgan fingerprint density at radius 1 is 1.25 bits per heavy atom. The summed E-state index contributed by atoms with van der Waals surface area (Å²) in [6, 6.07) is -1.13. The van der Waals surface area contributed by atoms with Crippen molar-refractivity contribution in [2.75, 3.05) is 18.6 Å². The number of carbonyl (C=O) groups excluding carboxylic acids is 1. The zero-order chi connectivity index (χ0) is 14.5. The van der Waals surface area contributed by atoms with Gasteiger partial charge in [0.05, 0.1) is 0 Å². The molecule has 2 fully saturated rings. The number of aliphatic carboxylic acids is 1. The molecule has 1 atom stereocenters. The Bertz CT molecular complexity index is 344. The lowest BCUT2D eigenvalue weighted by molar-refractivity contribution is -0.139. The van der Waals surface area contributed by atoms with Gasteiger partial charge in [-0.1, -0.05) is 0 Å².